The molecule has 0 aliphatic carbocycles. The first-order chi connectivity index (χ1) is 7.13. The van der Waals surface area contributed by atoms with E-state index in [0.717, 1.165) is 18.4 Å². The van der Waals surface area contributed by atoms with Gasteiger partial charge >= 0.3 is 6.61 Å². The molecular formula is C11H16ClF2NO. The van der Waals surface area contributed by atoms with Crippen LogP contribution in [-0.2, 0) is 0 Å². The van der Waals surface area contributed by atoms with Gasteiger partial charge in [0.2, 0.25) is 0 Å². The molecule has 0 spiro atoms. The molecule has 0 saturated carbocycles. The van der Waals surface area contributed by atoms with Gasteiger partial charge in [-0.3, -0.25) is 0 Å². The molecule has 0 aliphatic rings. The number of hydrogen-bond acceptors (Lipinski definition) is 2. The van der Waals surface area contributed by atoms with Crippen molar-refractivity contribution in [3.63, 3.8) is 0 Å². The highest BCUT2D eigenvalue weighted by Gasteiger charge is 2.08. The van der Waals surface area contributed by atoms with Crippen molar-refractivity contribution in [2.75, 3.05) is 0 Å². The second kappa shape index (κ2) is 7.41. The van der Waals surface area contributed by atoms with Crippen molar-refractivity contribution in [1.82, 2.24) is 0 Å². The molecule has 0 fully saturated rings. The summed E-state index contributed by atoms with van der Waals surface area (Å²) in [5.74, 6) is 0.161. The molecule has 1 atom stereocenters. The number of ether oxygens (including phenoxy) is 1. The van der Waals surface area contributed by atoms with Crippen LogP contribution in [0.15, 0.2) is 24.3 Å². The van der Waals surface area contributed by atoms with E-state index in [0.29, 0.717) is 0 Å². The predicted octanol–water partition coefficient (Wildman–Crippen LogP) is 3.51. The minimum atomic E-state index is -2.79. The van der Waals surface area contributed by atoms with Gasteiger partial charge in [-0.15, -0.1) is 12.4 Å². The number of rotatable bonds is 5. The van der Waals surface area contributed by atoms with E-state index < -0.39 is 6.61 Å². The zero-order chi connectivity index (χ0) is 11.3. The maximum atomic E-state index is 11.9. The second-order valence-corrected chi connectivity index (χ2v) is 3.35. The van der Waals surface area contributed by atoms with Gasteiger partial charge in [0, 0.05) is 6.04 Å². The fourth-order valence-electron chi connectivity index (χ4n) is 1.40. The lowest BCUT2D eigenvalue weighted by Gasteiger charge is -2.12. The van der Waals surface area contributed by atoms with Crippen molar-refractivity contribution in [2.45, 2.75) is 32.4 Å². The predicted molar refractivity (Wildman–Crippen MR) is 62.2 cm³/mol. The summed E-state index contributed by atoms with van der Waals surface area (Å²) in [4.78, 5) is 0. The molecule has 92 valence electrons. The largest absolute Gasteiger partial charge is 0.435 e. The minimum Gasteiger partial charge on any atom is -0.435 e. The highest BCUT2D eigenvalue weighted by molar-refractivity contribution is 5.85. The molecule has 0 aliphatic heterocycles. The summed E-state index contributed by atoms with van der Waals surface area (Å²) in [6.07, 6.45) is 1.79. The molecule has 1 rings (SSSR count). The summed E-state index contributed by atoms with van der Waals surface area (Å²) in [7, 11) is 0. The van der Waals surface area contributed by atoms with Crippen molar-refractivity contribution >= 4 is 12.4 Å². The number of halogens is 3. The molecule has 2 N–H and O–H groups in total. The average molecular weight is 252 g/mol. The lowest BCUT2D eigenvalue weighted by Crippen LogP contribution is -2.10. The van der Waals surface area contributed by atoms with Gasteiger partial charge in [0.25, 0.3) is 0 Å². The van der Waals surface area contributed by atoms with Gasteiger partial charge in [-0.05, 0) is 24.1 Å². The SMILES string of the molecule is CCCC(N)c1cccc(OC(F)F)c1.Cl. The smallest absolute Gasteiger partial charge is 0.387 e. The van der Waals surface area contributed by atoms with E-state index in [1.165, 1.54) is 6.07 Å². The lowest BCUT2D eigenvalue weighted by molar-refractivity contribution is -0.0499. The van der Waals surface area contributed by atoms with E-state index in [1.54, 1.807) is 12.1 Å². The third kappa shape index (κ3) is 4.77. The highest BCUT2D eigenvalue weighted by atomic mass is 35.5. The van der Waals surface area contributed by atoms with Crippen LogP contribution in [0.3, 0.4) is 0 Å². The van der Waals surface area contributed by atoms with Gasteiger partial charge in [-0.25, -0.2) is 0 Å². The Morgan fingerprint density at radius 1 is 1.38 bits per heavy atom. The summed E-state index contributed by atoms with van der Waals surface area (Å²) in [6.45, 7) is -0.762. The Balaban J connectivity index is 0.00000225. The van der Waals surface area contributed by atoms with Gasteiger partial charge in [-0.2, -0.15) is 8.78 Å². The molecule has 2 nitrogen and oxygen atoms in total. The Hall–Kier alpha value is -0.870. The van der Waals surface area contributed by atoms with Crippen molar-refractivity contribution in [3.05, 3.63) is 29.8 Å². The highest BCUT2D eigenvalue weighted by Crippen LogP contribution is 2.21. The van der Waals surface area contributed by atoms with E-state index >= 15 is 0 Å². The summed E-state index contributed by atoms with van der Waals surface area (Å²) in [6, 6.07) is 6.43. The molecule has 16 heavy (non-hydrogen) atoms. The second-order valence-electron chi connectivity index (χ2n) is 3.35. The molecule has 0 saturated heterocycles. The van der Waals surface area contributed by atoms with Crippen LogP contribution in [-0.4, -0.2) is 6.61 Å². The van der Waals surface area contributed by atoms with Crippen molar-refractivity contribution in [1.29, 1.82) is 0 Å². The van der Waals surface area contributed by atoms with Gasteiger partial charge in [0.1, 0.15) is 5.75 Å². The molecule has 0 bridgehead atoms. The zero-order valence-corrected chi connectivity index (χ0v) is 9.84. The molecule has 0 radical (unpaired) electrons. The minimum absolute atomic E-state index is 0. The quantitative estimate of drug-likeness (QED) is 0.869. The van der Waals surface area contributed by atoms with Crippen LogP contribution in [0.1, 0.15) is 31.4 Å². The van der Waals surface area contributed by atoms with Gasteiger partial charge in [-0.1, -0.05) is 25.5 Å². The standard InChI is InChI=1S/C11H15F2NO.ClH/c1-2-4-10(14)8-5-3-6-9(7-8)15-11(12)13;/h3,5-7,10-11H,2,4,14H2,1H3;1H. The van der Waals surface area contributed by atoms with Crippen LogP contribution in [0.4, 0.5) is 8.78 Å². The molecule has 1 unspecified atom stereocenters. The summed E-state index contributed by atoms with van der Waals surface area (Å²) in [5, 5.41) is 0. The zero-order valence-electron chi connectivity index (χ0n) is 9.03. The number of nitrogens with two attached hydrogens (primary N) is 1. The molecule has 5 heteroatoms. The molecule has 1 aromatic carbocycles. The van der Waals surface area contributed by atoms with E-state index in [9.17, 15) is 8.78 Å². The van der Waals surface area contributed by atoms with Crippen LogP contribution >= 0.6 is 12.4 Å². The van der Waals surface area contributed by atoms with E-state index in [1.807, 2.05) is 13.0 Å². The monoisotopic (exact) mass is 251 g/mol. The van der Waals surface area contributed by atoms with Crippen LogP contribution in [0.25, 0.3) is 0 Å². The molecular weight excluding hydrogens is 236 g/mol. The fourth-order valence-corrected chi connectivity index (χ4v) is 1.40. The first-order valence-electron chi connectivity index (χ1n) is 4.93. The summed E-state index contributed by atoms with van der Waals surface area (Å²) in [5.41, 5.74) is 6.69. The number of alkyl halides is 2. The van der Waals surface area contributed by atoms with Crippen molar-refractivity contribution < 1.29 is 13.5 Å². The topological polar surface area (TPSA) is 35.2 Å². The van der Waals surface area contributed by atoms with E-state index in [4.69, 9.17) is 5.73 Å². The molecule has 1 aromatic rings. The van der Waals surface area contributed by atoms with Gasteiger partial charge in [0.15, 0.2) is 0 Å². The number of hydrogen-bond donors (Lipinski definition) is 1. The third-order valence-electron chi connectivity index (χ3n) is 2.11. The van der Waals surface area contributed by atoms with Gasteiger partial charge < -0.3 is 10.5 Å². The van der Waals surface area contributed by atoms with Crippen LogP contribution in [0.2, 0.25) is 0 Å². The maximum absolute atomic E-state index is 11.9. The molecule has 0 aromatic heterocycles. The average Bonchev–Trinajstić information content (AvgIpc) is 2.17. The Labute approximate surface area is 100 Å². The maximum Gasteiger partial charge on any atom is 0.387 e. The number of benzene rings is 1. The van der Waals surface area contributed by atoms with Crippen molar-refractivity contribution in [2.24, 2.45) is 5.73 Å². The first kappa shape index (κ1) is 15.1. The first-order valence-corrected chi connectivity index (χ1v) is 4.93. The normalized spacial score (nSPS) is 12.1. The summed E-state index contributed by atoms with van der Waals surface area (Å²) < 4.78 is 28.2. The van der Waals surface area contributed by atoms with Crippen LogP contribution < -0.4 is 10.5 Å². The Morgan fingerprint density at radius 2 is 2.06 bits per heavy atom. The van der Waals surface area contributed by atoms with Gasteiger partial charge in [0.05, 0.1) is 0 Å². The lowest BCUT2D eigenvalue weighted by atomic mass is 10.0. The Kier molecular flexibility index (Phi) is 7.01. The molecule has 0 heterocycles. The van der Waals surface area contributed by atoms with E-state index in [-0.39, 0.29) is 24.2 Å². The molecule has 0 amide bonds. The summed E-state index contributed by atoms with van der Waals surface area (Å²) >= 11 is 0. The Bertz CT molecular complexity index is 310. The van der Waals surface area contributed by atoms with Crippen LogP contribution in [0.5, 0.6) is 5.75 Å². The fraction of sp³-hybridized carbons (Fsp3) is 0.455. The van der Waals surface area contributed by atoms with Crippen LogP contribution in [0, 0.1) is 0 Å². The van der Waals surface area contributed by atoms with E-state index in [2.05, 4.69) is 4.74 Å². The third-order valence-corrected chi connectivity index (χ3v) is 2.11. The Morgan fingerprint density at radius 3 is 2.62 bits per heavy atom. The van der Waals surface area contributed by atoms with Crippen molar-refractivity contribution in [3.8, 4) is 5.75 Å².